The summed E-state index contributed by atoms with van der Waals surface area (Å²) in [6, 6.07) is 0. The minimum absolute atomic E-state index is 0.865. The second-order valence-corrected chi connectivity index (χ2v) is 3.40. The lowest BCUT2D eigenvalue weighted by atomic mass is 10.0. The van der Waals surface area contributed by atoms with Crippen molar-refractivity contribution in [3.63, 3.8) is 0 Å². The molecule has 0 aromatic rings. The summed E-state index contributed by atoms with van der Waals surface area (Å²) in [4.78, 5) is 0. The van der Waals surface area contributed by atoms with Crippen LogP contribution < -0.4 is 5.32 Å². The average Bonchev–Trinajstić information content (AvgIpc) is 2.03. The highest BCUT2D eigenvalue weighted by molar-refractivity contribution is 4.57. The molecule has 1 heterocycles. The lowest BCUT2D eigenvalue weighted by Crippen LogP contribution is -2.23. The van der Waals surface area contributed by atoms with Gasteiger partial charge in [0.1, 0.15) is 0 Å². The fraction of sp³-hybridized carbons (Fsp3) is 1.00. The Labute approximate surface area is 69.3 Å². The summed E-state index contributed by atoms with van der Waals surface area (Å²) in [7, 11) is 0. The summed E-state index contributed by atoms with van der Waals surface area (Å²) in [6.07, 6.45) is 3.88. The molecule has 1 aliphatic heterocycles. The standard InChI is InChI=1S/C9H19NO/c1-9-3-2-7-11-8-6-10-5-4-9/h9-10H,2-8H2,1H3. The highest BCUT2D eigenvalue weighted by Crippen LogP contribution is 2.09. The van der Waals surface area contributed by atoms with E-state index < -0.39 is 0 Å². The number of hydrogen-bond acceptors (Lipinski definition) is 2. The van der Waals surface area contributed by atoms with Gasteiger partial charge in [-0.15, -0.1) is 0 Å². The first-order chi connectivity index (χ1) is 5.39. The third-order valence-electron chi connectivity index (χ3n) is 2.22. The van der Waals surface area contributed by atoms with E-state index >= 15 is 0 Å². The molecule has 0 spiro atoms. The van der Waals surface area contributed by atoms with Crippen LogP contribution in [0.5, 0.6) is 0 Å². The van der Waals surface area contributed by atoms with Crippen molar-refractivity contribution in [3.8, 4) is 0 Å². The second kappa shape index (κ2) is 5.56. The molecule has 0 radical (unpaired) electrons. The average molecular weight is 157 g/mol. The molecule has 0 saturated carbocycles. The third-order valence-corrected chi connectivity index (χ3v) is 2.22. The number of hydrogen-bond donors (Lipinski definition) is 1. The minimum Gasteiger partial charge on any atom is -0.380 e. The zero-order valence-electron chi connectivity index (χ0n) is 7.44. The van der Waals surface area contributed by atoms with Crippen LogP contribution in [-0.4, -0.2) is 26.3 Å². The SMILES string of the molecule is CC1CCCOCCNCC1. The van der Waals surface area contributed by atoms with E-state index in [-0.39, 0.29) is 0 Å². The van der Waals surface area contributed by atoms with Crippen LogP contribution in [0.25, 0.3) is 0 Å². The Morgan fingerprint density at radius 3 is 3.00 bits per heavy atom. The molecule has 1 atom stereocenters. The summed E-state index contributed by atoms with van der Waals surface area (Å²) in [6.45, 7) is 6.33. The number of ether oxygens (including phenoxy) is 1. The quantitative estimate of drug-likeness (QED) is 0.574. The molecule has 1 unspecified atom stereocenters. The van der Waals surface area contributed by atoms with Crippen LogP contribution in [0.2, 0.25) is 0 Å². The van der Waals surface area contributed by atoms with Gasteiger partial charge in [0.2, 0.25) is 0 Å². The number of nitrogens with one attached hydrogen (secondary N) is 1. The normalized spacial score (nSPS) is 29.7. The van der Waals surface area contributed by atoms with Gasteiger partial charge in [-0.3, -0.25) is 0 Å². The summed E-state index contributed by atoms with van der Waals surface area (Å²) in [5.74, 6) is 0.865. The molecule has 0 aromatic carbocycles. The van der Waals surface area contributed by atoms with E-state index in [0.29, 0.717) is 0 Å². The summed E-state index contributed by atoms with van der Waals surface area (Å²) in [5.41, 5.74) is 0. The smallest absolute Gasteiger partial charge is 0.0590 e. The van der Waals surface area contributed by atoms with Crippen molar-refractivity contribution < 1.29 is 4.74 Å². The molecule has 1 rings (SSSR count). The van der Waals surface area contributed by atoms with E-state index in [9.17, 15) is 0 Å². The maximum Gasteiger partial charge on any atom is 0.0590 e. The molecule has 1 aliphatic rings. The predicted molar refractivity (Wildman–Crippen MR) is 46.7 cm³/mol. The van der Waals surface area contributed by atoms with Gasteiger partial charge in [-0.05, 0) is 31.7 Å². The molecule has 11 heavy (non-hydrogen) atoms. The van der Waals surface area contributed by atoms with Crippen molar-refractivity contribution in [2.75, 3.05) is 26.3 Å². The summed E-state index contributed by atoms with van der Waals surface area (Å²) >= 11 is 0. The van der Waals surface area contributed by atoms with Gasteiger partial charge in [-0.1, -0.05) is 6.92 Å². The Morgan fingerprint density at radius 1 is 1.18 bits per heavy atom. The van der Waals surface area contributed by atoms with E-state index in [1.807, 2.05) is 0 Å². The first-order valence-corrected chi connectivity index (χ1v) is 4.68. The first-order valence-electron chi connectivity index (χ1n) is 4.68. The largest absolute Gasteiger partial charge is 0.380 e. The van der Waals surface area contributed by atoms with Crippen LogP contribution in [0.3, 0.4) is 0 Å². The highest BCUT2D eigenvalue weighted by atomic mass is 16.5. The highest BCUT2D eigenvalue weighted by Gasteiger charge is 2.03. The molecule has 1 N–H and O–H groups in total. The van der Waals surface area contributed by atoms with Gasteiger partial charge in [-0.2, -0.15) is 0 Å². The van der Waals surface area contributed by atoms with Crippen LogP contribution in [0, 0.1) is 5.92 Å². The molecular formula is C9H19NO. The molecule has 1 fully saturated rings. The van der Waals surface area contributed by atoms with Crippen molar-refractivity contribution in [1.82, 2.24) is 5.32 Å². The topological polar surface area (TPSA) is 21.3 Å². The minimum atomic E-state index is 0.865. The Kier molecular flexibility index (Phi) is 4.55. The Bertz CT molecular complexity index is 85.6. The van der Waals surface area contributed by atoms with Crippen LogP contribution >= 0.6 is 0 Å². The zero-order valence-corrected chi connectivity index (χ0v) is 7.44. The molecule has 66 valence electrons. The van der Waals surface area contributed by atoms with Crippen LogP contribution in [0.1, 0.15) is 26.2 Å². The molecule has 2 nitrogen and oxygen atoms in total. The Morgan fingerprint density at radius 2 is 2.09 bits per heavy atom. The van der Waals surface area contributed by atoms with Crippen molar-refractivity contribution >= 4 is 0 Å². The van der Waals surface area contributed by atoms with Crippen LogP contribution in [0.15, 0.2) is 0 Å². The van der Waals surface area contributed by atoms with Crippen molar-refractivity contribution in [2.24, 2.45) is 5.92 Å². The lowest BCUT2D eigenvalue weighted by Gasteiger charge is -2.14. The Balaban J connectivity index is 2.12. The molecule has 0 amide bonds. The fourth-order valence-corrected chi connectivity index (χ4v) is 1.40. The van der Waals surface area contributed by atoms with Crippen LogP contribution in [0.4, 0.5) is 0 Å². The maximum atomic E-state index is 5.40. The monoisotopic (exact) mass is 157 g/mol. The maximum absolute atomic E-state index is 5.40. The van der Waals surface area contributed by atoms with Gasteiger partial charge in [-0.25, -0.2) is 0 Å². The van der Waals surface area contributed by atoms with Gasteiger partial charge in [0, 0.05) is 13.2 Å². The van der Waals surface area contributed by atoms with Crippen molar-refractivity contribution in [3.05, 3.63) is 0 Å². The third kappa shape index (κ3) is 4.38. The van der Waals surface area contributed by atoms with E-state index in [4.69, 9.17) is 4.74 Å². The van der Waals surface area contributed by atoms with E-state index in [1.165, 1.54) is 19.3 Å². The van der Waals surface area contributed by atoms with Crippen molar-refractivity contribution in [2.45, 2.75) is 26.2 Å². The molecule has 0 aromatic heterocycles. The second-order valence-electron chi connectivity index (χ2n) is 3.40. The fourth-order valence-electron chi connectivity index (χ4n) is 1.40. The van der Waals surface area contributed by atoms with E-state index in [0.717, 1.165) is 32.2 Å². The van der Waals surface area contributed by atoms with Gasteiger partial charge < -0.3 is 10.1 Å². The summed E-state index contributed by atoms with van der Waals surface area (Å²) in [5, 5.41) is 3.36. The van der Waals surface area contributed by atoms with Gasteiger partial charge in [0.15, 0.2) is 0 Å². The zero-order chi connectivity index (χ0) is 7.94. The molecule has 2 heteroatoms. The van der Waals surface area contributed by atoms with E-state index in [1.54, 1.807) is 0 Å². The lowest BCUT2D eigenvalue weighted by molar-refractivity contribution is 0.124. The molecule has 0 aliphatic carbocycles. The van der Waals surface area contributed by atoms with Gasteiger partial charge in [0.25, 0.3) is 0 Å². The Hall–Kier alpha value is -0.0800. The predicted octanol–water partition coefficient (Wildman–Crippen LogP) is 1.41. The van der Waals surface area contributed by atoms with Gasteiger partial charge >= 0.3 is 0 Å². The molecular weight excluding hydrogens is 138 g/mol. The van der Waals surface area contributed by atoms with Crippen molar-refractivity contribution in [1.29, 1.82) is 0 Å². The molecule has 0 bridgehead atoms. The first kappa shape index (κ1) is 9.01. The van der Waals surface area contributed by atoms with Gasteiger partial charge in [0.05, 0.1) is 6.61 Å². The summed E-state index contributed by atoms with van der Waals surface area (Å²) < 4.78 is 5.40. The van der Waals surface area contributed by atoms with Crippen LogP contribution in [-0.2, 0) is 4.74 Å². The van der Waals surface area contributed by atoms with E-state index in [2.05, 4.69) is 12.2 Å². The number of rotatable bonds is 0. The molecule has 1 saturated heterocycles.